The molecule has 1 saturated heterocycles. The molecule has 0 saturated carbocycles. The number of morpholine rings is 1. The van der Waals surface area contributed by atoms with Gasteiger partial charge in [0.2, 0.25) is 0 Å². The molecule has 0 radical (unpaired) electrons. The van der Waals surface area contributed by atoms with E-state index in [0.29, 0.717) is 32.7 Å². The van der Waals surface area contributed by atoms with E-state index in [1.807, 2.05) is 0 Å². The minimum absolute atomic E-state index is 0. The van der Waals surface area contributed by atoms with Gasteiger partial charge in [-0.2, -0.15) is 8.42 Å². The zero-order chi connectivity index (χ0) is 9.90. The lowest BCUT2D eigenvalue weighted by Gasteiger charge is -2.31. The summed E-state index contributed by atoms with van der Waals surface area (Å²) in [5.41, 5.74) is 0. The second-order valence-corrected chi connectivity index (χ2v) is 4.60. The molecule has 0 aromatic rings. The van der Waals surface area contributed by atoms with Gasteiger partial charge < -0.3 is 4.74 Å². The predicted molar refractivity (Wildman–Crippen MR) is 57.8 cm³/mol. The van der Waals surface area contributed by atoms with E-state index in [-0.39, 0.29) is 17.1 Å². The third-order valence-corrected chi connectivity index (χ3v) is 3.47. The summed E-state index contributed by atoms with van der Waals surface area (Å²) in [6, 6.07) is 0. The van der Waals surface area contributed by atoms with Gasteiger partial charge in [0.1, 0.15) is 5.37 Å². The van der Waals surface area contributed by atoms with Crippen LogP contribution < -0.4 is 0 Å². The molecule has 1 unspecified atom stereocenters. The highest BCUT2D eigenvalue weighted by Gasteiger charge is 2.29. The summed E-state index contributed by atoms with van der Waals surface area (Å²) in [6.07, 6.45) is 0.402. The molecule has 1 atom stereocenters. The van der Waals surface area contributed by atoms with Crippen molar-refractivity contribution in [3.8, 4) is 0 Å². The molecule has 94 valence electrons. The van der Waals surface area contributed by atoms with Gasteiger partial charge in [-0.1, -0.05) is 6.92 Å². The SMILES string of the molecule is CCC(N1CCOCC1)S(=O)(=O)O.Cl.F. The predicted octanol–water partition coefficient (Wildman–Crippen LogP) is 0.517. The van der Waals surface area contributed by atoms with E-state index in [4.69, 9.17) is 9.29 Å². The van der Waals surface area contributed by atoms with Gasteiger partial charge in [-0.15, -0.1) is 12.4 Å². The molecule has 0 aromatic heterocycles. The van der Waals surface area contributed by atoms with Gasteiger partial charge in [0.15, 0.2) is 0 Å². The topological polar surface area (TPSA) is 66.8 Å². The second-order valence-electron chi connectivity index (χ2n) is 3.03. The fourth-order valence-electron chi connectivity index (χ4n) is 1.52. The molecule has 5 nitrogen and oxygen atoms in total. The molecule has 1 N–H and O–H groups in total. The number of nitrogens with zero attached hydrogens (tertiary/aromatic N) is 1. The Labute approximate surface area is 95.3 Å². The van der Waals surface area contributed by atoms with Crippen molar-refractivity contribution in [2.45, 2.75) is 18.7 Å². The van der Waals surface area contributed by atoms with Gasteiger partial charge in [-0.3, -0.25) is 14.2 Å². The van der Waals surface area contributed by atoms with Crippen LogP contribution in [0.4, 0.5) is 4.70 Å². The molecule has 0 spiro atoms. The summed E-state index contributed by atoms with van der Waals surface area (Å²) < 4.78 is 35.9. The Hall–Kier alpha value is 0.0500. The standard InChI is InChI=1S/C7H15NO4S.ClH.FH/c1-2-7(13(9,10)11)8-3-5-12-6-4-8;;/h7H,2-6H2,1H3,(H,9,10,11);2*1H. The molecule has 1 aliphatic heterocycles. The van der Waals surface area contributed by atoms with E-state index in [1.54, 1.807) is 11.8 Å². The first-order valence-electron chi connectivity index (χ1n) is 4.33. The number of hydrogen-bond donors (Lipinski definition) is 1. The summed E-state index contributed by atoms with van der Waals surface area (Å²) in [7, 11) is -3.94. The lowest BCUT2D eigenvalue weighted by Crippen LogP contribution is -2.46. The molecule has 0 amide bonds. The largest absolute Gasteiger partial charge is 0.379 e. The van der Waals surface area contributed by atoms with E-state index in [9.17, 15) is 8.42 Å². The van der Waals surface area contributed by atoms with Crippen molar-refractivity contribution in [2.75, 3.05) is 26.3 Å². The average molecular weight is 266 g/mol. The van der Waals surface area contributed by atoms with Crippen molar-refractivity contribution in [2.24, 2.45) is 0 Å². The lowest BCUT2D eigenvalue weighted by molar-refractivity contribution is 0.0292. The zero-order valence-corrected chi connectivity index (χ0v) is 10.1. The fourth-order valence-corrected chi connectivity index (χ4v) is 2.53. The van der Waals surface area contributed by atoms with E-state index >= 15 is 0 Å². The Kier molecular flexibility index (Phi) is 8.54. The van der Waals surface area contributed by atoms with Gasteiger partial charge in [0.25, 0.3) is 10.1 Å². The average Bonchev–Trinajstić information content (AvgIpc) is 2.05. The molecule has 0 bridgehead atoms. The third-order valence-electron chi connectivity index (χ3n) is 2.15. The number of hydrogen-bond acceptors (Lipinski definition) is 4. The Balaban J connectivity index is 0. The molecule has 0 aromatic carbocycles. The summed E-state index contributed by atoms with van der Waals surface area (Å²) in [4.78, 5) is 1.73. The molecule has 0 aliphatic carbocycles. The van der Waals surface area contributed by atoms with Gasteiger partial charge in [-0.05, 0) is 6.42 Å². The van der Waals surface area contributed by atoms with E-state index in [2.05, 4.69) is 0 Å². The van der Waals surface area contributed by atoms with Crippen LogP contribution in [0, 0.1) is 0 Å². The molecular weight excluding hydrogens is 249 g/mol. The van der Waals surface area contributed by atoms with Crippen molar-refractivity contribution in [1.29, 1.82) is 0 Å². The normalized spacial score (nSPS) is 19.9. The summed E-state index contributed by atoms with van der Waals surface area (Å²) in [5, 5.41) is -0.767. The molecular formula is C7H17ClFNO4S. The van der Waals surface area contributed by atoms with Gasteiger partial charge in [0, 0.05) is 13.1 Å². The Morgan fingerprint density at radius 1 is 1.40 bits per heavy atom. The Bertz CT molecular complexity index is 256. The first kappa shape index (κ1) is 17.4. The highest BCUT2D eigenvalue weighted by atomic mass is 35.5. The van der Waals surface area contributed by atoms with Crippen molar-refractivity contribution >= 4 is 22.5 Å². The van der Waals surface area contributed by atoms with Gasteiger partial charge >= 0.3 is 0 Å². The van der Waals surface area contributed by atoms with Crippen molar-refractivity contribution in [3.05, 3.63) is 0 Å². The first-order chi connectivity index (χ1) is 6.05. The van der Waals surface area contributed by atoms with Crippen LogP contribution in [0.3, 0.4) is 0 Å². The summed E-state index contributed by atoms with van der Waals surface area (Å²) in [6.45, 7) is 3.95. The Morgan fingerprint density at radius 2 is 1.87 bits per heavy atom. The minimum Gasteiger partial charge on any atom is -0.379 e. The quantitative estimate of drug-likeness (QED) is 0.754. The maximum atomic E-state index is 10.9. The number of halogens is 2. The van der Waals surface area contributed by atoms with Crippen LogP contribution in [0.5, 0.6) is 0 Å². The third kappa shape index (κ3) is 5.07. The number of rotatable bonds is 3. The fraction of sp³-hybridized carbons (Fsp3) is 1.00. The molecule has 8 heteroatoms. The van der Waals surface area contributed by atoms with Crippen LogP contribution in [0.15, 0.2) is 0 Å². The monoisotopic (exact) mass is 265 g/mol. The maximum Gasteiger partial charge on any atom is 0.281 e. The molecule has 1 fully saturated rings. The highest BCUT2D eigenvalue weighted by molar-refractivity contribution is 7.86. The van der Waals surface area contributed by atoms with Gasteiger partial charge in [0.05, 0.1) is 13.2 Å². The summed E-state index contributed by atoms with van der Waals surface area (Å²) >= 11 is 0. The molecule has 15 heavy (non-hydrogen) atoms. The van der Waals surface area contributed by atoms with E-state index in [1.165, 1.54) is 0 Å². The molecule has 1 aliphatic rings. The zero-order valence-electron chi connectivity index (χ0n) is 8.46. The van der Waals surface area contributed by atoms with Crippen molar-refractivity contribution in [1.82, 2.24) is 4.90 Å². The van der Waals surface area contributed by atoms with Crippen molar-refractivity contribution in [3.63, 3.8) is 0 Å². The van der Waals surface area contributed by atoms with Crippen LogP contribution in [0.2, 0.25) is 0 Å². The summed E-state index contributed by atoms with van der Waals surface area (Å²) in [5.74, 6) is 0. The maximum absolute atomic E-state index is 10.9. The van der Waals surface area contributed by atoms with Gasteiger partial charge in [-0.25, -0.2) is 0 Å². The molecule has 1 rings (SSSR count). The van der Waals surface area contributed by atoms with Crippen LogP contribution in [-0.2, 0) is 14.9 Å². The van der Waals surface area contributed by atoms with Crippen LogP contribution in [0.25, 0.3) is 0 Å². The molecule has 1 heterocycles. The van der Waals surface area contributed by atoms with E-state index < -0.39 is 15.5 Å². The van der Waals surface area contributed by atoms with Crippen LogP contribution in [0.1, 0.15) is 13.3 Å². The first-order valence-corrected chi connectivity index (χ1v) is 5.84. The highest BCUT2D eigenvalue weighted by Crippen LogP contribution is 2.12. The Morgan fingerprint density at radius 3 is 2.20 bits per heavy atom. The lowest BCUT2D eigenvalue weighted by atomic mass is 10.3. The van der Waals surface area contributed by atoms with Crippen LogP contribution >= 0.6 is 12.4 Å². The van der Waals surface area contributed by atoms with E-state index in [0.717, 1.165) is 0 Å². The minimum atomic E-state index is -3.94. The van der Waals surface area contributed by atoms with Crippen LogP contribution in [-0.4, -0.2) is 49.5 Å². The second kappa shape index (κ2) is 7.34. The van der Waals surface area contributed by atoms with Crippen molar-refractivity contribution < 1.29 is 22.4 Å². The smallest absolute Gasteiger partial charge is 0.281 e. The number of ether oxygens (including phenoxy) is 1.